The summed E-state index contributed by atoms with van der Waals surface area (Å²) in [6, 6.07) is 11.8. The molecule has 78 valence electrons. The number of fused-ring (bicyclic) bond motifs is 1. The van der Waals surface area contributed by atoms with E-state index in [1.165, 1.54) is 0 Å². The molecular formula is C14H11NO. The van der Waals surface area contributed by atoms with Gasteiger partial charge in [-0.15, -0.1) is 0 Å². The maximum Gasteiger partial charge on any atom is 0.163 e. The summed E-state index contributed by atoms with van der Waals surface area (Å²) in [6.45, 7) is 0. The molecule has 2 nitrogen and oxygen atoms in total. The summed E-state index contributed by atoms with van der Waals surface area (Å²) >= 11 is 0. The van der Waals surface area contributed by atoms with E-state index in [1.807, 2.05) is 30.3 Å². The molecule has 2 heteroatoms. The lowest BCUT2D eigenvalue weighted by molar-refractivity contribution is 0.0994. The van der Waals surface area contributed by atoms with Crippen LogP contribution >= 0.6 is 0 Å². The molecule has 0 spiro atoms. The van der Waals surface area contributed by atoms with Gasteiger partial charge in [-0.2, -0.15) is 0 Å². The number of nitrogens with zero attached hydrogens (tertiary/aromatic N) is 1. The first-order valence-corrected chi connectivity index (χ1v) is 5.42. The third-order valence-corrected chi connectivity index (χ3v) is 2.99. The smallest absolute Gasteiger partial charge is 0.163 e. The van der Waals surface area contributed by atoms with Crippen LogP contribution in [-0.4, -0.2) is 10.8 Å². The maximum atomic E-state index is 11.5. The standard InChI is InChI=1S/C14H11NO/c16-14-7-5-10-9-11(4-6-12(10)14)13-3-1-2-8-15-13/h1-4,6,8-9H,5,7H2. The van der Waals surface area contributed by atoms with Gasteiger partial charge in [0.1, 0.15) is 0 Å². The molecule has 2 aromatic rings. The predicted molar refractivity (Wildman–Crippen MR) is 62.3 cm³/mol. The van der Waals surface area contributed by atoms with E-state index >= 15 is 0 Å². The van der Waals surface area contributed by atoms with Crippen LogP contribution in [0.15, 0.2) is 42.6 Å². The zero-order valence-corrected chi connectivity index (χ0v) is 8.81. The van der Waals surface area contributed by atoms with E-state index in [-0.39, 0.29) is 5.78 Å². The molecule has 0 N–H and O–H groups in total. The minimum Gasteiger partial charge on any atom is -0.294 e. The molecule has 3 rings (SSSR count). The molecule has 1 aliphatic carbocycles. The summed E-state index contributed by atoms with van der Waals surface area (Å²) in [5, 5.41) is 0. The summed E-state index contributed by atoms with van der Waals surface area (Å²) in [4.78, 5) is 15.8. The van der Waals surface area contributed by atoms with Crippen molar-refractivity contribution in [1.82, 2.24) is 4.98 Å². The second kappa shape index (κ2) is 3.56. The van der Waals surface area contributed by atoms with Crippen LogP contribution in [-0.2, 0) is 6.42 Å². The van der Waals surface area contributed by atoms with E-state index in [2.05, 4.69) is 11.1 Å². The van der Waals surface area contributed by atoms with Crippen LogP contribution in [0.25, 0.3) is 11.3 Å². The third kappa shape index (κ3) is 1.43. The van der Waals surface area contributed by atoms with Crippen molar-refractivity contribution in [3.8, 4) is 11.3 Å². The van der Waals surface area contributed by atoms with Gasteiger partial charge in [-0.25, -0.2) is 0 Å². The molecule has 0 amide bonds. The molecule has 0 radical (unpaired) electrons. The lowest BCUT2D eigenvalue weighted by atomic mass is 10.0. The molecule has 0 saturated heterocycles. The van der Waals surface area contributed by atoms with Crippen molar-refractivity contribution in [3.63, 3.8) is 0 Å². The molecule has 0 atom stereocenters. The highest BCUT2D eigenvalue weighted by Gasteiger charge is 2.19. The van der Waals surface area contributed by atoms with Crippen molar-refractivity contribution in [3.05, 3.63) is 53.7 Å². The molecule has 1 aliphatic rings. The van der Waals surface area contributed by atoms with E-state index < -0.39 is 0 Å². The SMILES string of the molecule is O=C1CCc2cc(-c3ccccn3)ccc21. The largest absolute Gasteiger partial charge is 0.294 e. The van der Waals surface area contributed by atoms with Crippen LogP contribution in [0.1, 0.15) is 22.3 Å². The molecule has 1 heterocycles. The monoisotopic (exact) mass is 209 g/mol. The Bertz CT molecular complexity index is 546. The number of aryl methyl sites for hydroxylation is 1. The molecular weight excluding hydrogens is 198 g/mol. The van der Waals surface area contributed by atoms with Gasteiger partial charge in [-0.1, -0.05) is 18.2 Å². The zero-order valence-electron chi connectivity index (χ0n) is 8.81. The normalized spacial score (nSPS) is 13.9. The van der Waals surface area contributed by atoms with Crippen molar-refractivity contribution < 1.29 is 4.79 Å². The summed E-state index contributed by atoms with van der Waals surface area (Å²) in [5.41, 5.74) is 4.10. The van der Waals surface area contributed by atoms with Crippen LogP contribution in [0.5, 0.6) is 0 Å². The van der Waals surface area contributed by atoms with Crippen LogP contribution in [0.2, 0.25) is 0 Å². The van der Waals surface area contributed by atoms with Gasteiger partial charge in [0, 0.05) is 23.7 Å². The minimum atomic E-state index is 0.266. The molecule has 1 aromatic carbocycles. The van der Waals surface area contributed by atoms with E-state index in [1.54, 1.807) is 6.20 Å². The van der Waals surface area contributed by atoms with Crippen molar-refractivity contribution in [2.75, 3.05) is 0 Å². The average Bonchev–Trinajstić information content (AvgIpc) is 2.72. The number of carbonyl (C=O) groups is 1. The number of benzene rings is 1. The zero-order chi connectivity index (χ0) is 11.0. The topological polar surface area (TPSA) is 30.0 Å². The number of hydrogen-bond donors (Lipinski definition) is 0. The number of hydrogen-bond acceptors (Lipinski definition) is 2. The van der Waals surface area contributed by atoms with Gasteiger partial charge >= 0.3 is 0 Å². The Morgan fingerprint density at radius 2 is 2.00 bits per heavy atom. The Labute approximate surface area is 94.0 Å². The minimum absolute atomic E-state index is 0.266. The van der Waals surface area contributed by atoms with Crippen LogP contribution < -0.4 is 0 Å². The first kappa shape index (κ1) is 9.28. The van der Waals surface area contributed by atoms with Crippen molar-refractivity contribution >= 4 is 5.78 Å². The van der Waals surface area contributed by atoms with E-state index in [0.717, 1.165) is 28.8 Å². The highest BCUT2D eigenvalue weighted by molar-refractivity contribution is 6.00. The Morgan fingerprint density at radius 1 is 1.06 bits per heavy atom. The van der Waals surface area contributed by atoms with Crippen molar-refractivity contribution in [2.45, 2.75) is 12.8 Å². The second-order valence-corrected chi connectivity index (χ2v) is 4.01. The molecule has 16 heavy (non-hydrogen) atoms. The van der Waals surface area contributed by atoms with Gasteiger partial charge < -0.3 is 0 Å². The van der Waals surface area contributed by atoms with E-state index in [9.17, 15) is 4.79 Å². The fourth-order valence-corrected chi connectivity index (χ4v) is 2.15. The van der Waals surface area contributed by atoms with Gasteiger partial charge in [0.25, 0.3) is 0 Å². The number of Topliss-reactive ketones (excluding diaryl/α,β-unsaturated/α-hetero) is 1. The van der Waals surface area contributed by atoms with Crippen LogP contribution in [0.3, 0.4) is 0 Å². The molecule has 0 bridgehead atoms. The first-order valence-electron chi connectivity index (χ1n) is 5.42. The lowest BCUT2D eigenvalue weighted by Gasteiger charge is -2.03. The lowest BCUT2D eigenvalue weighted by Crippen LogP contribution is -1.91. The maximum absolute atomic E-state index is 11.5. The van der Waals surface area contributed by atoms with Crippen molar-refractivity contribution in [2.24, 2.45) is 0 Å². The van der Waals surface area contributed by atoms with Crippen LogP contribution in [0, 0.1) is 0 Å². The molecule has 0 aliphatic heterocycles. The predicted octanol–water partition coefficient (Wildman–Crippen LogP) is 2.88. The summed E-state index contributed by atoms with van der Waals surface area (Å²) in [6.07, 6.45) is 3.31. The number of rotatable bonds is 1. The molecule has 1 aromatic heterocycles. The van der Waals surface area contributed by atoms with E-state index in [4.69, 9.17) is 0 Å². The van der Waals surface area contributed by atoms with Gasteiger partial charge in [-0.3, -0.25) is 9.78 Å². The Kier molecular flexibility index (Phi) is 2.07. The highest BCUT2D eigenvalue weighted by Crippen LogP contribution is 2.26. The molecule has 0 saturated carbocycles. The Balaban J connectivity index is 2.09. The molecule has 0 fully saturated rings. The highest BCUT2D eigenvalue weighted by atomic mass is 16.1. The fourth-order valence-electron chi connectivity index (χ4n) is 2.15. The number of aromatic nitrogens is 1. The number of pyridine rings is 1. The Hall–Kier alpha value is -1.96. The second-order valence-electron chi connectivity index (χ2n) is 4.01. The Morgan fingerprint density at radius 3 is 2.81 bits per heavy atom. The summed E-state index contributed by atoms with van der Waals surface area (Å²) in [5.74, 6) is 0.266. The fraction of sp³-hybridized carbons (Fsp3) is 0.143. The number of carbonyl (C=O) groups excluding carboxylic acids is 1. The molecule has 0 unspecified atom stereocenters. The quantitative estimate of drug-likeness (QED) is 0.722. The first-order chi connectivity index (χ1) is 7.84. The summed E-state index contributed by atoms with van der Waals surface area (Å²) in [7, 11) is 0. The number of ketones is 1. The van der Waals surface area contributed by atoms with Crippen LogP contribution in [0.4, 0.5) is 0 Å². The van der Waals surface area contributed by atoms with Crippen molar-refractivity contribution in [1.29, 1.82) is 0 Å². The van der Waals surface area contributed by atoms with Gasteiger partial charge in [-0.05, 0) is 30.2 Å². The average molecular weight is 209 g/mol. The summed E-state index contributed by atoms with van der Waals surface area (Å²) < 4.78 is 0. The van der Waals surface area contributed by atoms with E-state index in [0.29, 0.717) is 6.42 Å². The van der Waals surface area contributed by atoms with Gasteiger partial charge in [0.05, 0.1) is 5.69 Å². The van der Waals surface area contributed by atoms with Gasteiger partial charge in [0.15, 0.2) is 5.78 Å². The third-order valence-electron chi connectivity index (χ3n) is 2.99. The van der Waals surface area contributed by atoms with Gasteiger partial charge in [0.2, 0.25) is 0 Å².